The Bertz CT molecular complexity index is 483. The molecule has 7 heteroatoms. The van der Waals surface area contributed by atoms with Crippen LogP contribution in [0.3, 0.4) is 0 Å². The lowest BCUT2D eigenvalue weighted by molar-refractivity contribution is 0.122. The summed E-state index contributed by atoms with van der Waals surface area (Å²) in [6, 6.07) is 3.86. The summed E-state index contributed by atoms with van der Waals surface area (Å²) in [7, 11) is -1.87. The second-order valence-corrected chi connectivity index (χ2v) is 7.82. The second-order valence-electron chi connectivity index (χ2n) is 4.65. The van der Waals surface area contributed by atoms with Gasteiger partial charge in [0.05, 0.1) is 6.10 Å². The maximum absolute atomic E-state index is 12.0. The molecule has 5 nitrogen and oxygen atoms in total. The standard InChI is InChI=1S/C12H22N2O3S2/c1-9(2)13-8-11-5-6-12(18-11)19(15,16)14-7-10(3)17-4/h5-6,9-10,13-14H,7-8H2,1-4H3. The van der Waals surface area contributed by atoms with E-state index in [4.69, 9.17) is 4.74 Å². The second kappa shape index (κ2) is 7.35. The molecule has 2 N–H and O–H groups in total. The predicted molar refractivity (Wildman–Crippen MR) is 78.0 cm³/mol. The molecule has 0 fully saturated rings. The van der Waals surface area contributed by atoms with Crippen molar-refractivity contribution in [2.45, 2.75) is 43.7 Å². The Balaban J connectivity index is 2.63. The fraction of sp³-hybridized carbons (Fsp3) is 0.667. The average Bonchev–Trinajstić information content (AvgIpc) is 2.83. The van der Waals surface area contributed by atoms with Crippen molar-refractivity contribution in [3.63, 3.8) is 0 Å². The molecule has 0 aliphatic heterocycles. The summed E-state index contributed by atoms with van der Waals surface area (Å²) in [6.07, 6.45) is -0.142. The molecule has 0 amide bonds. The Labute approximate surface area is 119 Å². The van der Waals surface area contributed by atoms with E-state index in [1.807, 2.05) is 13.0 Å². The Morgan fingerprint density at radius 3 is 2.58 bits per heavy atom. The molecular weight excluding hydrogens is 284 g/mol. The molecule has 1 heterocycles. The highest BCUT2D eigenvalue weighted by atomic mass is 32.2. The number of sulfonamides is 1. The molecule has 0 radical (unpaired) electrons. The van der Waals surface area contributed by atoms with Gasteiger partial charge < -0.3 is 10.1 Å². The Kier molecular flexibility index (Phi) is 6.41. The molecule has 1 unspecified atom stereocenters. The predicted octanol–water partition coefficient (Wildman–Crippen LogP) is 1.56. The summed E-state index contributed by atoms with van der Waals surface area (Å²) < 4.78 is 32.0. The lowest BCUT2D eigenvalue weighted by atomic mass is 10.4. The van der Waals surface area contributed by atoms with Crippen LogP contribution in [-0.4, -0.2) is 34.2 Å². The van der Waals surface area contributed by atoms with Crippen molar-refractivity contribution in [2.75, 3.05) is 13.7 Å². The first kappa shape index (κ1) is 16.6. The summed E-state index contributed by atoms with van der Waals surface area (Å²) in [5, 5.41) is 3.26. The number of hydrogen-bond donors (Lipinski definition) is 2. The zero-order valence-electron chi connectivity index (χ0n) is 11.8. The average molecular weight is 306 g/mol. The molecule has 19 heavy (non-hydrogen) atoms. The monoisotopic (exact) mass is 306 g/mol. The number of ether oxygens (including phenoxy) is 1. The zero-order chi connectivity index (χ0) is 14.5. The molecule has 1 rings (SSSR count). The number of thiophene rings is 1. The summed E-state index contributed by atoms with van der Waals surface area (Å²) in [5.74, 6) is 0. The molecule has 0 aliphatic rings. The lowest BCUT2D eigenvalue weighted by Gasteiger charge is -2.10. The first-order valence-corrected chi connectivity index (χ1v) is 8.49. The van der Waals surface area contributed by atoms with Gasteiger partial charge in [-0.2, -0.15) is 0 Å². The Morgan fingerprint density at radius 2 is 2.00 bits per heavy atom. The van der Waals surface area contributed by atoms with E-state index in [0.717, 1.165) is 4.88 Å². The van der Waals surface area contributed by atoms with Gasteiger partial charge in [-0.15, -0.1) is 11.3 Å². The van der Waals surface area contributed by atoms with Gasteiger partial charge >= 0.3 is 0 Å². The third-order valence-electron chi connectivity index (χ3n) is 2.55. The SMILES string of the molecule is COC(C)CNS(=O)(=O)c1ccc(CNC(C)C)s1. The van der Waals surface area contributed by atoms with Gasteiger partial charge in [0.25, 0.3) is 0 Å². The third kappa shape index (κ3) is 5.58. The molecule has 0 bridgehead atoms. The quantitative estimate of drug-likeness (QED) is 0.765. The highest BCUT2D eigenvalue weighted by Crippen LogP contribution is 2.21. The number of methoxy groups -OCH3 is 1. The van der Waals surface area contributed by atoms with Crippen LogP contribution >= 0.6 is 11.3 Å². The maximum Gasteiger partial charge on any atom is 0.250 e. The molecular formula is C12H22N2O3S2. The van der Waals surface area contributed by atoms with E-state index in [9.17, 15) is 8.42 Å². The van der Waals surface area contributed by atoms with Crippen LogP contribution in [0.4, 0.5) is 0 Å². The van der Waals surface area contributed by atoms with E-state index < -0.39 is 10.0 Å². The summed E-state index contributed by atoms with van der Waals surface area (Å²) in [6.45, 7) is 6.88. The van der Waals surface area contributed by atoms with Crippen molar-refractivity contribution >= 4 is 21.4 Å². The van der Waals surface area contributed by atoms with Gasteiger partial charge in [-0.1, -0.05) is 13.8 Å². The van der Waals surface area contributed by atoms with Crippen molar-refractivity contribution in [1.29, 1.82) is 0 Å². The number of nitrogens with one attached hydrogen (secondary N) is 2. The zero-order valence-corrected chi connectivity index (χ0v) is 13.4. The van der Waals surface area contributed by atoms with E-state index in [-0.39, 0.29) is 12.6 Å². The molecule has 0 saturated carbocycles. The Hall–Kier alpha value is -0.470. The highest BCUT2D eigenvalue weighted by Gasteiger charge is 2.17. The number of rotatable bonds is 8. The first-order chi connectivity index (χ1) is 8.85. The fourth-order valence-corrected chi connectivity index (χ4v) is 3.75. The minimum absolute atomic E-state index is 0.142. The van der Waals surface area contributed by atoms with Crippen molar-refractivity contribution in [3.05, 3.63) is 17.0 Å². The van der Waals surface area contributed by atoms with E-state index in [0.29, 0.717) is 16.8 Å². The molecule has 0 aromatic carbocycles. The molecule has 1 aromatic rings. The van der Waals surface area contributed by atoms with Gasteiger partial charge in [0.15, 0.2) is 0 Å². The minimum atomic E-state index is -3.42. The van der Waals surface area contributed by atoms with Gasteiger partial charge in [0, 0.05) is 31.1 Å². The molecule has 1 atom stereocenters. The van der Waals surface area contributed by atoms with Gasteiger partial charge in [-0.25, -0.2) is 13.1 Å². The van der Waals surface area contributed by atoms with Gasteiger partial charge in [-0.3, -0.25) is 0 Å². The van der Waals surface area contributed by atoms with Crippen LogP contribution in [0.1, 0.15) is 25.6 Å². The highest BCUT2D eigenvalue weighted by molar-refractivity contribution is 7.91. The van der Waals surface area contributed by atoms with Crippen LogP contribution in [0.2, 0.25) is 0 Å². The Morgan fingerprint density at radius 1 is 1.32 bits per heavy atom. The van der Waals surface area contributed by atoms with Gasteiger partial charge in [0.1, 0.15) is 4.21 Å². The van der Waals surface area contributed by atoms with E-state index in [1.165, 1.54) is 11.3 Å². The topological polar surface area (TPSA) is 67.4 Å². The van der Waals surface area contributed by atoms with Crippen molar-refractivity contribution in [3.8, 4) is 0 Å². The largest absolute Gasteiger partial charge is 0.380 e. The molecule has 0 spiro atoms. The van der Waals surface area contributed by atoms with Crippen LogP contribution in [-0.2, 0) is 21.3 Å². The van der Waals surface area contributed by atoms with Crippen LogP contribution in [0.15, 0.2) is 16.3 Å². The molecule has 0 aliphatic carbocycles. The first-order valence-electron chi connectivity index (χ1n) is 6.19. The van der Waals surface area contributed by atoms with Gasteiger partial charge in [0.2, 0.25) is 10.0 Å². The van der Waals surface area contributed by atoms with Crippen molar-refractivity contribution < 1.29 is 13.2 Å². The van der Waals surface area contributed by atoms with E-state index in [1.54, 1.807) is 13.2 Å². The smallest absolute Gasteiger partial charge is 0.250 e. The minimum Gasteiger partial charge on any atom is -0.380 e. The summed E-state index contributed by atoms with van der Waals surface area (Å²) >= 11 is 1.29. The van der Waals surface area contributed by atoms with Crippen molar-refractivity contribution in [2.24, 2.45) is 0 Å². The van der Waals surface area contributed by atoms with Crippen LogP contribution in [0, 0.1) is 0 Å². The van der Waals surface area contributed by atoms with Crippen molar-refractivity contribution in [1.82, 2.24) is 10.0 Å². The third-order valence-corrected chi connectivity index (χ3v) is 5.55. The lowest BCUT2D eigenvalue weighted by Crippen LogP contribution is -2.31. The molecule has 1 aromatic heterocycles. The van der Waals surface area contributed by atoms with E-state index >= 15 is 0 Å². The van der Waals surface area contributed by atoms with Gasteiger partial charge in [-0.05, 0) is 19.1 Å². The normalized spacial score (nSPS) is 13.9. The summed E-state index contributed by atoms with van der Waals surface area (Å²) in [5.41, 5.74) is 0. The maximum atomic E-state index is 12.0. The van der Waals surface area contributed by atoms with E-state index in [2.05, 4.69) is 23.9 Å². The van der Waals surface area contributed by atoms with Crippen LogP contribution in [0.25, 0.3) is 0 Å². The van der Waals surface area contributed by atoms with Crippen LogP contribution in [0.5, 0.6) is 0 Å². The molecule has 0 saturated heterocycles. The molecule has 110 valence electrons. The number of hydrogen-bond acceptors (Lipinski definition) is 5. The summed E-state index contributed by atoms with van der Waals surface area (Å²) in [4.78, 5) is 1.01. The fourth-order valence-electron chi connectivity index (χ4n) is 1.28. The van der Waals surface area contributed by atoms with Crippen LogP contribution < -0.4 is 10.0 Å².